The van der Waals surface area contributed by atoms with Crippen molar-refractivity contribution in [2.75, 3.05) is 6.61 Å². The number of nitrogens with one attached hydrogen (secondary N) is 2. The summed E-state index contributed by atoms with van der Waals surface area (Å²) in [7, 11) is 0. The van der Waals surface area contributed by atoms with Crippen molar-refractivity contribution in [2.45, 2.75) is 31.3 Å². The molecule has 2 atom stereocenters. The van der Waals surface area contributed by atoms with E-state index in [1.165, 1.54) is 6.07 Å². The van der Waals surface area contributed by atoms with E-state index in [1.807, 2.05) is 36.4 Å². The molecule has 0 spiro atoms. The van der Waals surface area contributed by atoms with Crippen LogP contribution in [0.3, 0.4) is 0 Å². The third kappa shape index (κ3) is 3.74. The number of rotatable bonds is 5. The highest BCUT2D eigenvalue weighted by molar-refractivity contribution is 5.75. The minimum Gasteiger partial charge on any atom is -0.394 e. The van der Waals surface area contributed by atoms with Gasteiger partial charge in [0.25, 0.3) is 0 Å². The zero-order chi connectivity index (χ0) is 16.9. The number of hydrogen-bond donors (Lipinski definition) is 3. The van der Waals surface area contributed by atoms with E-state index in [2.05, 4.69) is 10.6 Å². The molecule has 3 N–H and O–H groups in total. The molecule has 0 fully saturated rings. The van der Waals surface area contributed by atoms with Crippen LogP contribution in [-0.2, 0) is 12.8 Å². The molecule has 2 unspecified atom stereocenters. The number of urea groups is 1. The summed E-state index contributed by atoms with van der Waals surface area (Å²) < 4.78 is 13.7. The maximum absolute atomic E-state index is 13.7. The molecule has 0 radical (unpaired) electrons. The Morgan fingerprint density at radius 3 is 2.75 bits per heavy atom. The average molecular weight is 328 g/mol. The molecular weight excluding hydrogens is 307 g/mol. The first kappa shape index (κ1) is 16.5. The Labute approximate surface area is 140 Å². The zero-order valence-electron chi connectivity index (χ0n) is 13.3. The number of carbonyl (C=O) groups excluding carboxylic acids is 1. The van der Waals surface area contributed by atoms with Gasteiger partial charge in [-0.2, -0.15) is 0 Å². The highest BCUT2D eigenvalue weighted by Crippen LogP contribution is 2.32. The van der Waals surface area contributed by atoms with Gasteiger partial charge in [-0.1, -0.05) is 42.5 Å². The van der Waals surface area contributed by atoms with Gasteiger partial charge in [0.1, 0.15) is 5.82 Å². The molecule has 0 aliphatic heterocycles. The first-order chi connectivity index (χ1) is 11.7. The highest BCUT2D eigenvalue weighted by Gasteiger charge is 2.26. The molecule has 0 heterocycles. The Bertz CT molecular complexity index is 706. The van der Waals surface area contributed by atoms with Gasteiger partial charge in [0, 0.05) is 0 Å². The van der Waals surface area contributed by atoms with Gasteiger partial charge in [-0.05, 0) is 42.0 Å². The van der Waals surface area contributed by atoms with Gasteiger partial charge in [-0.15, -0.1) is 0 Å². The van der Waals surface area contributed by atoms with Gasteiger partial charge in [-0.25, -0.2) is 9.18 Å². The molecule has 2 aromatic carbocycles. The fraction of sp³-hybridized carbons (Fsp3) is 0.316. The minimum absolute atomic E-state index is 0.141. The predicted octanol–water partition coefficient (Wildman–Crippen LogP) is 2.72. The van der Waals surface area contributed by atoms with Crippen molar-refractivity contribution in [3.8, 4) is 0 Å². The molecule has 0 saturated carbocycles. The summed E-state index contributed by atoms with van der Waals surface area (Å²) >= 11 is 0. The Hall–Kier alpha value is -2.40. The lowest BCUT2D eigenvalue weighted by atomic mass is 10.1. The average Bonchev–Trinajstić information content (AvgIpc) is 2.99. The lowest BCUT2D eigenvalue weighted by Crippen LogP contribution is -2.45. The first-order valence-electron chi connectivity index (χ1n) is 8.16. The summed E-state index contributed by atoms with van der Waals surface area (Å²) in [5.74, 6) is -0.213. The molecule has 3 rings (SSSR count). The summed E-state index contributed by atoms with van der Waals surface area (Å²) in [5.41, 5.74) is 2.57. The number of carbonyl (C=O) groups is 1. The SMILES string of the molecule is O=C(NC(CO)Cc1ccccc1)NC1CCc2c(F)cccc21. The van der Waals surface area contributed by atoms with E-state index >= 15 is 0 Å². The van der Waals surface area contributed by atoms with Crippen LogP contribution in [0.1, 0.15) is 29.2 Å². The number of amides is 2. The van der Waals surface area contributed by atoms with Crippen molar-refractivity contribution in [1.82, 2.24) is 10.6 Å². The Balaban J connectivity index is 1.59. The van der Waals surface area contributed by atoms with Crippen molar-refractivity contribution in [3.63, 3.8) is 0 Å². The minimum atomic E-state index is -0.360. The molecule has 5 heteroatoms. The second-order valence-corrected chi connectivity index (χ2v) is 6.09. The van der Waals surface area contributed by atoms with Crippen LogP contribution in [0.15, 0.2) is 48.5 Å². The number of benzene rings is 2. The standard InChI is InChI=1S/C19H21FN2O2/c20-17-8-4-7-16-15(17)9-10-18(16)22-19(24)21-14(12-23)11-13-5-2-1-3-6-13/h1-8,14,18,23H,9-12H2,(H2,21,22,24). The lowest BCUT2D eigenvalue weighted by molar-refractivity contribution is 0.213. The summed E-state index contributed by atoms with van der Waals surface area (Å²) in [5, 5.41) is 15.2. The smallest absolute Gasteiger partial charge is 0.315 e. The summed E-state index contributed by atoms with van der Waals surface area (Å²) in [6.07, 6.45) is 1.87. The Kier molecular flexibility index (Phi) is 5.11. The van der Waals surface area contributed by atoms with E-state index in [9.17, 15) is 14.3 Å². The topological polar surface area (TPSA) is 61.4 Å². The molecule has 1 aliphatic carbocycles. The molecule has 1 aliphatic rings. The summed E-state index contributed by atoms with van der Waals surface area (Å²) in [4.78, 5) is 12.2. The van der Waals surface area contributed by atoms with E-state index in [4.69, 9.17) is 0 Å². The van der Waals surface area contributed by atoms with Crippen molar-refractivity contribution in [3.05, 3.63) is 71.0 Å². The van der Waals surface area contributed by atoms with Crippen LogP contribution in [0, 0.1) is 5.82 Å². The van der Waals surface area contributed by atoms with Crippen molar-refractivity contribution in [1.29, 1.82) is 0 Å². The zero-order valence-corrected chi connectivity index (χ0v) is 13.3. The number of halogens is 1. The van der Waals surface area contributed by atoms with Crippen molar-refractivity contribution < 1.29 is 14.3 Å². The van der Waals surface area contributed by atoms with Crippen molar-refractivity contribution in [2.24, 2.45) is 0 Å². The highest BCUT2D eigenvalue weighted by atomic mass is 19.1. The van der Waals surface area contributed by atoms with Crippen LogP contribution in [-0.4, -0.2) is 23.8 Å². The number of aliphatic hydroxyl groups is 1. The molecular formula is C19H21FN2O2. The molecule has 126 valence electrons. The van der Waals surface area contributed by atoms with Crippen LogP contribution in [0.25, 0.3) is 0 Å². The van der Waals surface area contributed by atoms with E-state index in [0.717, 1.165) is 11.1 Å². The van der Waals surface area contributed by atoms with Crippen LogP contribution >= 0.6 is 0 Å². The van der Waals surface area contributed by atoms with Crippen LogP contribution in [0.2, 0.25) is 0 Å². The molecule has 0 aromatic heterocycles. The maximum Gasteiger partial charge on any atom is 0.315 e. The van der Waals surface area contributed by atoms with E-state index in [-0.39, 0.29) is 30.5 Å². The van der Waals surface area contributed by atoms with E-state index in [1.54, 1.807) is 6.07 Å². The Morgan fingerprint density at radius 2 is 2.00 bits per heavy atom. The third-order valence-electron chi connectivity index (χ3n) is 4.40. The Morgan fingerprint density at radius 1 is 1.21 bits per heavy atom. The van der Waals surface area contributed by atoms with Crippen LogP contribution < -0.4 is 10.6 Å². The monoisotopic (exact) mass is 328 g/mol. The molecule has 4 nitrogen and oxygen atoms in total. The summed E-state index contributed by atoms with van der Waals surface area (Å²) in [6.45, 7) is -0.141. The molecule has 2 amide bonds. The van der Waals surface area contributed by atoms with Gasteiger partial charge in [0.15, 0.2) is 0 Å². The third-order valence-corrected chi connectivity index (χ3v) is 4.40. The van der Waals surface area contributed by atoms with Crippen molar-refractivity contribution >= 4 is 6.03 Å². The van der Waals surface area contributed by atoms with Crippen LogP contribution in [0.5, 0.6) is 0 Å². The van der Waals surface area contributed by atoms with E-state index in [0.29, 0.717) is 24.8 Å². The second kappa shape index (κ2) is 7.45. The molecule has 2 aromatic rings. The van der Waals surface area contributed by atoms with Gasteiger partial charge in [0.2, 0.25) is 0 Å². The summed E-state index contributed by atoms with van der Waals surface area (Å²) in [6, 6.07) is 13.8. The number of fused-ring (bicyclic) bond motifs is 1. The van der Waals surface area contributed by atoms with Gasteiger partial charge < -0.3 is 15.7 Å². The number of hydrogen-bond acceptors (Lipinski definition) is 2. The van der Waals surface area contributed by atoms with Crippen LogP contribution in [0.4, 0.5) is 9.18 Å². The fourth-order valence-corrected chi connectivity index (χ4v) is 3.20. The molecule has 0 saturated heterocycles. The van der Waals surface area contributed by atoms with Gasteiger partial charge >= 0.3 is 6.03 Å². The lowest BCUT2D eigenvalue weighted by Gasteiger charge is -2.20. The molecule has 0 bridgehead atoms. The van der Waals surface area contributed by atoms with Gasteiger partial charge in [0.05, 0.1) is 18.7 Å². The fourth-order valence-electron chi connectivity index (χ4n) is 3.20. The maximum atomic E-state index is 13.7. The quantitative estimate of drug-likeness (QED) is 0.790. The van der Waals surface area contributed by atoms with Gasteiger partial charge in [-0.3, -0.25) is 0 Å². The first-order valence-corrected chi connectivity index (χ1v) is 8.16. The molecule has 24 heavy (non-hydrogen) atoms. The largest absolute Gasteiger partial charge is 0.394 e. The van der Waals surface area contributed by atoms with E-state index < -0.39 is 0 Å². The number of aliphatic hydroxyl groups excluding tert-OH is 1. The predicted molar refractivity (Wildman–Crippen MR) is 90.1 cm³/mol. The normalized spacial score (nSPS) is 17.2. The second-order valence-electron chi connectivity index (χ2n) is 6.09.